The number of para-hydroxylation sites is 2. The molecule has 2 heterocycles. The molecule has 2 N–H and O–H groups in total. The monoisotopic (exact) mass is 440 g/mol. The quantitative estimate of drug-likeness (QED) is 0.489. The van der Waals surface area contributed by atoms with Crippen molar-refractivity contribution in [2.45, 2.75) is 38.1 Å². The van der Waals surface area contributed by atoms with Crippen LogP contribution in [0.3, 0.4) is 0 Å². The van der Waals surface area contributed by atoms with E-state index in [9.17, 15) is 9.59 Å². The third-order valence-electron chi connectivity index (χ3n) is 6.58. The van der Waals surface area contributed by atoms with Gasteiger partial charge in [-0.2, -0.15) is 0 Å². The van der Waals surface area contributed by atoms with Crippen LogP contribution in [0.5, 0.6) is 0 Å². The van der Waals surface area contributed by atoms with Crippen LogP contribution in [0.2, 0.25) is 0 Å². The summed E-state index contributed by atoms with van der Waals surface area (Å²) in [4.78, 5) is 35.7. The second kappa shape index (κ2) is 9.06. The zero-order chi connectivity index (χ0) is 22.8. The van der Waals surface area contributed by atoms with Crippen LogP contribution >= 0.6 is 0 Å². The first-order valence-electron chi connectivity index (χ1n) is 11.6. The minimum atomic E-state index is -0.546. The van der Waals surface area contributed by atoms with Crippen LogP contribution in [0.25, 0.3) is 21.8 Å². The maximum Gasteiger partial charge on any atom is 0.244 e. The van der Waals surface area contributed by atoms with Gasteiger partial charge in [0.2, 0.25) is 11.8 Å². The van der Waals surface area contributed by atoms with Crippen molar-refractivity contribution in [1.82, 2.24) is 20.2 Å². The molecular weight excluding hydrogens is 412 g/mol. The van der Waals surface area contributed by atoms with E-state index in [0.29, 0.717) is 19.0 Å². The molecule has 5 rings (SSSR count). The van der Waals surface area contributed by atoms with Gasteiger partial charge < -0.3 is 15.2 Å². The van der Waals surface area contributed by atoms with Crippen molar-refractivity contribution >= 4 is 33.6 Å². The van der Waals surface area contributed by atoms with Crippen LogP contribution in [0.1, 0.15) is 37.1 Å². The van der Waals surface area contributed by atoms with E-state index in [2.05, 4.69) is 10.3 Å². The fourth-order valence-electron chi connectivity index (χ4n) is 4.79. The molecular formula is C27H28N4O2. The summed E-state index contributed by atoms with van der Waals surface area (Å²) >= 11 is 0. The number of likely N-dealkylation sites (tertiary alicyclic amines) is 1. The highest BCUT2D eigenvalue weighted by Gasteiger charge is 2.28. The zero-order valence-electron chi connectivity index (χ0n) is 18.8. The van der Waals surface area contributed by atoms with Crippen molar-refractivity contribution in [2.75, 3.05) is 13.1 Å². The Hall–Kier alpha value is -3.67. The average Bonchev–Trinajstić information content (AvgIpc) is 3.28. The van der Waals surface area contributed by atoms with Gasteiger partial charge in [0.05, 0.1) is 17.5 Å². The van der Waals surface area contributed by atoms with Crippen LogP contribution in [-0.2, 0) is 16.0 Å². The molecule has 1 aromatic heterocycles. The van der Waals surface area contributed by atoms with Crippen molar-refractivity contribution in [3.63, 3.8) is 0 Å². The number of aromatic amines is 1. The summed E-state index contributed by atoms with van der Waals surface area (Å²) in [6.07, 6.45) is 1.98. The molecule has 0 saturated carbocycles. The zero-order valence-corrected chi connectivity index (χ0v) is 18.8. The topological polar surface area (TPSA) is 78.1 Å². The Kier molecular flexibility index (Phi) is 5.82. The predicted molar refractivity (Wildman–Crippen MR) is 130 cm³/mol. The number of amides is 2. The highest BCUT2D eigenvalue weighted by molar-refractivity contribution is 5.92. The van der Waals surface area contributed by atoms with Crippen molar-refractivity contribution in [3.05, 3.63) is 78.1 Å². The molecule has 2 amide bonds. The number of nitrogens with zero attached hydrogens (tertiary/aromatic N) is 2. The van der Waals surface area contributed by atoms with Crippen molar-refractivity contribution in [2.24, 2.45) is 0 Å². The Labute approximate surface area is 193 Å². The first-order valence-corrected chi connectivity index (χ1v) is 11.6. The maximum absolute atomic E-state index is 13.0. The second-order valence-electron chi connectivity index (χ2n) is 8.84. The predicted octanol–water partition coefficient (Wildman–Crippen LogP) is 4.17. The fourth-order valence-corrected chi connectivity index (χ4v) is 4.79. The summed E-state index contributed by atoms with van der Waals surface area (Å²) in [5, 5.41) is 5.08. The normalized spacial score (nSPS) is 15.6. The van der Waals surface area contributed by atoms with Gasteiger partial charge in [0.1, 0.15) is 11.9 Å². The lowest BCUT2D eigenvalue weighted by molar-refractivity contribution is -0.136. The van der Waals surface area contributed by atoms with Crippen LogP contribution in [-0.4, -0.2) is 45.8 Å². The number of fused-ring (bicyclic) bond motifs is 2. The fraction of sp³-hybridized carbons (Fsp3) is 0.296. The van der Waals surface area contributed by atoms with E-state index in [4.69, 9.17) is 4.98 Å². The third-order valence-corrected chi connectivity index (χ3v) is 6.58. The lowest BCUT2D eigenvalue weighted by Crippen LogP contribution is -2.49. The van der Waals surface area contributed by atoms with Crippen molar-refractivity contribution in [1.29, 1.82) is 0 Å². The third kappa shape index (κ3) is 4.46. The van der Waals surface area contributed by atoms with E-state index >= 15 is 0 Å². The Bertz CT molecular complexity index is 1270. The molecule has 6 nitrogen and oxygen atoms in total. The number of H-pyrrole nitrogens is 1. The van der Waals surface area contributed by atoms with Gasteiger partial charge >= 0.3 is 0 Å². The molecule has 168 valence electrons. The first kappa shape index (κ1) is 21.2. The Balaban J connectivity index is 1.16. The number of aromatic nitrogens is 2. The molecule has 0 aliphatic carbocycles. The summed E-state index contributed by atoms with van der Waals surface area (Å²) in [6, 6.07) is 21.5. The van der Waals surface area contributed by atoms with Crippen molar-refractivity contribution < 1.29 is 9.59 Å². The van der Waals surface area contributed by atoms with E-state index < -0.39 is 6.04 Å². The number of piperidine rings is 1. The molecule has 3 aromatic carbocycles. The van der Waals surface area contributed by atoms with Gasteiger partial charge in [-0.1, -0.05) is 54.6 Å². The summed E-state index contributed by atoms with van der Waals surface area (Å²) < 4.78 is 0. The number of hydrogen-bond acceptors (Lipinski definition) is 3. The summed E-state index contributed by atoms with van der Waals surface area (Å²) in [5.74, 6) is 1.16. The lowest BCUT2D eigenvalue weighted by Gasteiger charge is -2.33. The SMILES string of the molecule is C[C@@H](NC(=O)Cc1cccc2ccccc12)C(=O)N1CCC(c2nc3ccccc3[nH]2)CC1. The number of carbonyl (C=O) groups is 2. The Morgan fingerprint density at radius 2 is 1.76 bits per heavy atom. The Morgan fingerprint density at radius 3 is 2.58 bits per heavy atom. The van der Waals surface area contributed by atoms with E-state index in [1.54, 1.807) is 6.92 Å². The second-order valence-corrected chi connectivity index (χ2v) is 8.84. The van der Waals surface area contributed by atoms with Crippen molar-refractivity contribution in [3.8, 4) is 0 Å². The molecule has 33 heavy (non-hydrogen) atoms. The standard InChI is InChI=1S/C27H28N4O2/c1-18(28-25(32)17-21-9-6-8-19-7-2-3-10-22(19)21)27(33)31-15-13-20(14-16-31)26-29-23-11-4-5-12-24(23)30-26/h2-12,18,20H,13-17H2,1H3,(H,28,32)(H,29,30)/t18-/m1/s1. The maximum atomic E-state index is 13.0. The molecule has 6 heteroatoms. The number of hydrogen-bond donors (Lipinski definition) is 2. The lowest BCUT2D eigenvalue weighted by atomic mass is 9.95. The minimum absolute atomic E-state index is 0.0238. The number of nitrogens with one attached hydrogen (secondary N) is 2. The summed E-state index contributed by atoms with van der Waals surface area (Å²) in [7, 11) is 0. The first-order chi connectivity index (χ1) is 16.1. The molecule has 0 unspecified atom stereocenters. The Morgan fingerprint density at radius 1 is 1.03 bits per heavy atom. The summed E-state index contributed by atoms with van der Waals surface area (Å²) in [6.45, 7) is 3.11. The van der Waals surface area contributed by atoms with Crippen LogP contribution in [0.15, 0.2) is 66.7 Å². The largest absolute Gasteiger partial charge is 0.344 e. The molecule has 1 fully saturated rings. The molecule has 0 spiro atoms. The van der Waals surface area contributed by atoms with E-state index in [1.807, 2.05) is 71.6 Å². The van der Waals surface area contributed by atoms with Gasteiger partial charge in [0.15, 0.2) is 0 Å². The van der Waals surface area contributed by atoms with Gasteiger partial charge in [-0.25, -0.2) is 4.98 Å². The number of rotatable bonds is 5. The highest BCUT2D eigenvalue weighted by Crippen LogP contribution is 2.28. The van der Waals surface area contributed by atoms with Crippen LogP contribution < -0.4 is 5.32 Å². The van der Waals surface area contributed by atoms with E-state index in [1.165, 1.54) is 0 Å². The van der Waals surface area contributed by atoms with E-state index in [0.717, 1.165) is 46.0 Å². The molecule has 1 aliphatic heterocycles. The molecule has 0 radical (unpaired) electrons. The number of carbonyl (C=O) groups excluding carboxylic acids is 2. The number of benzene rings is 3. The van der Waals surface area contributed by atoms with E-state index in [-0.39, 0.29) is 18.2 Å². The van der Waals surface area contributed by atoms with Crippen LogP contribution in [0.4, 0.5) is 0 Å². The summed E-state index contributed by atoms with van der Waals surface area (Å²) in [5.41, 5.74) is 3.00. The van der Waals surface area contributed by atoms with Gasteiger partial charge in [0, 0.05) is 19.0 Å². The molecule has 0 bridgehead atoms. The van der Waals surface area contributed by atoms with Gasteiger partial charge in [-0.05, 0) is 48.2 Å². The van der Waals surface area contributed by atoms with Crippen LogP contribution in [0, 0.1) is 0 Å². The average molecular weight is 441 g/mol. The van der Waals surface area contributed by atoms with Gasteiger partial charge in [-0.15, -0.1) is 0 Å². The highest BCUT2D eigenvalue weighted by atomic mass is 16.2. The van der Waals surface area contributed by atoms with Gasteiger partial charge in [-0.3, -0.25) is 9.59 Å². The smallest absolute Gasteiger partial charge is 0.244 e. The molecule has 1 saturated heterocycles. The number of imidazole rings is 1. The van der Waals surface area contributed by atoms with Gasteiger partial charge in [0.25, 0.3) is 0 Å². The molecule has 1 aliphatic rings. The molecule has 4 aromatic rings. The minimum Gasteiger partial charge on any atom is -0.344 e. The molecule has 1 atom stereocenters.